The van der Waals surface area contributed by atoms with Crippen molar-refractivity contribution in [2.45, 2.75) is 12.1 Å². The van der Waals surface area contributed by atoms with Gasteiger partial charge in [0, 0.05) is 25.5 Å². The quantitative estimate of drug-likeness (QED) is 0.539. The molecule has 1 aromatic carbocycles. The number of amides is 1. The van der Waals surface area contributed by atoms with Gasteiger partial charge in [-0.25, -0.2) is 4.68 Å². The molecular formula is C17H18N6OS. The van der Waals surface area contributed by atoms with Crippen LogP contribution < -0.4 is 5.32 Å². The molecule has 0 saturated heterocycles. The van der Waals surface area contributed by atoms with Crippen LogP contribution in [0.4, 0.5) is 0 Å². The summed E-state index contributed by atoms with van der Waals surface area (Å²) in [7, 11) is 1.78. The van der Waals surface area contributed by atoms with Crippen LogP contribution in [0.25, 0.3) is 11.1 Å². The van der Waals surface area contributed by atoms with Crippen LogP contribution in [0.1, 0.15) is 16.1 Å². The number of benzene rings is 1. The molecule has 0 unspecified atom stereocenters. The summed E-state index contributed by atoms with van der Waals surface area (Å²) in [6.45, 7) is 2.36. The summed E-state index contributed by atoms with van der Waals surface area (Å²) in [6.07, 6.45) is 1.73. The Hall–Kier alpha value is -2.74. The van der Waals surface area contributed by atoms with Gasteiger partial charge in [-0.2, -0.15) is 0 Å². The van der Waals surface area contributed by atoms with Gasteiger partial charge in [0.25, 0.3) is 5.91 Å². The second-order valence-electron chi connectivity index (χ2n) is 5.37. The molecule has 0 aliphatic carbocycles. The SMILES string of the molecule is Cc1nccc(-c2ccccc2)c1C(=O)NCCSc1nnnn1C. The summed E-state index contributed by atoms with van der Waals surface area (Å²) in [6, 6.07) is 11.7. The lowest BCUT2D eigenvalue weighted by atomic mass is 9.99. The third kappa shape index (κ3) is 4.03. The number of pyridine rings is 1. The van der Waals surface area contributed by atoms with Gasteiger partial charge in [-0.05, 0) is 34.5 Å². The highest BCUT2D eigenvalue weighted by Gasteiger charge is 2.16. The molecule has 3 aromatic rings. The van der Waals surface area contributed by atoms with Crippen molar-refractivity contribution in [3.05, 3.63) is 53.9 Å². The maximum Gasteiger partial charge on any atom is 0.253 e. The van der Waals surface area contributed by atoms with Gasteiger partial charge >= 0.3 is 0 Å². The molecule has 0 aliphatic rings. The second kappa shape index (κ2) is 7.89. The third-order valence-corrected chi connectivity index (χ3v) is 4.66. The molecule has 8 heteroatoms. The minimum atomic E-state index is -0.124. The van der Waals surface area contributed by atoms with E-state index in [1.807, 2.05) is 43.3 Å². The molecule has 0 radical (unpaired) electrons. The van der Waals surface area contributed by atoms with Gasteiger partial charge in [0.05, 0.1) is 11.3 Å². The number of hydrogen-bond acceptors (Lipinski definition) is 6. The van der Waals surface area contributed by atoms with Gasteiger partial charge < -0.3 is 5.32 Å². The summed E-state index contributed by atoms with van der Waals surface area (Å²) < 4.78 is 1.60. The predicted octanol–water partition coefficient (Wildman–Crippen LogP) is 2.10. The highest BCUT2D eigenvalue weighted by Crippen LogP contribution is 2.24. The first-order valence-corrected chi connectivity index (χ1v) is 8.80. The highest BCUT2D eigenvalue weighted by molar-refractivity contribution is 7.99. The highest BCUT2D eigenvalue weighted by atomic mass is 32.2. The van der Waals surface area contributed by atoms with Gasteiger partial charge in [-0.1, -0.05) is 42.1 Å². The molecule has 25 heavy (non-hydrogen) atoms. The second-order valence-corrected chi connectivity index (χ2v) is 6.44. The van der Waals surface area contributed by atoms with E-state index in [2.05, 4.69) is 25.8 Å². The monoisotopic (exact) mass is 354 g/mol. The van der Waals surface area contributed by atoms with Crippen molar-refractivity contribution in [3.8, 4) is 11.1 Å². The van der Waals surface area contributed by atoms with Crippen molar-refractivity contribution in [1.82, 2.24) is 30.5 Å². The average Bonchev–Trinajstić information content (AvgIpc) is 3.04. The predicted molar refractivity (Wildman–Crippen MR) is 96.3 cm³/mol. The Kier molecular flexibility index (Phi) is 5.39. The van der Waals surface area contributed by atoms with Crippen molar-refractivity contribution in [2.24, 2.45) is 7.05 Å². The number of thioether (sulfide) groups is 1. The van der Waals surface area contributed by atoms with E-state index in [0.29, 0.717) is 23.6 Å². The number of aryl methyl sites for hydroxylation is 2. The Balaban J connectivity index is 1.69. The number of nitrogens with zero attached hydrogens (tertiary/aromatic N) is 5. The zero-order chi connectivity index (χ0) is 17.6. The van der Waals surface area contributed by atoms with Crippen molar-refractivity contribution < 1.29 is 4.79 Å². The van der Waals surface area contributed by atoms with Crippen LogP contribution in [-0.2, 0) is 7.05 Å². The summed E-state index contributed by atoms with van der Waals surface area (Å²) >= 11 is 1.49. The number of tetrazole rings is 1. The topological polar surface area (TPSA) is 85.6 Å². The molecule has 2 aromatic heterocycles. The van der Waals surface area contributed by atoms with E-state index in [-0.39, 0.29) is 5.91 Å². The zero-order valence-corrected chi connectivity index (χ0v) is 14.8. The summed E-state index contributed by atoms with van der Waals surface area (Å²) in [4.78, 5) is 17.0. The van der Waals surface area contributed by atoms with Crippen LogP contribution in [0, 0.1) is 6.92 Å². The number of hydrogen-bond donors (Lipinski definition) is 1. The Labute approximate surface area is 149 Å². The first-order chi connectivity index (χ1) is 12.2. The van der Waals surface area contributed by atoms with E-state index < -0.39 is 0 Å². The van der Waals surface area contributed by atoms with Gasteiger partial charge in [0.2, 0.25) is 5.16 Å². The number of carbonyl (C=O) groups excluding carboxylic acids is 1. The fourth-order valence-electron chi connectivity index (χ4n) is 2.45. The molecule has 2 heterocycles. The Morgan fingerprint density at radius 1 is 1.24 bits per heavy atom. The standard InChI is InChI=1S/C17H18N6OS/c1-12-15(14(8-9-18-12)13-6-4-3-5-7-13)16(24)19-10-11-25-17-20-21-22-23(17)2/h3-9H,10-11H2,1-2H3,(H,19,24). The molecule has 3 rings (SSSR count). The number of carbonyl (C=O) groups is 1. The molecular weight excluding hydrogens is 336 g/mol. The van der Waals surface area contributed by atoms with Crippen LogP contribution in [-0.4, -0.2) is 43.4 Å². The average molecular weight is 354 g/mol. The van der Waals surface area contributed by atoms with Gasteiger partial charge in [0.15, 0.2) is 0 Å². The first-order valence-electron chi connectivity index (χ1n) is 7.81. The Morgan fingerprint density at radius 3 is 2.76 bits per heavy atom. The van der Waals surface area contributed by atoms with Crippen LogP contribution in [0.3, 0.4) is 0 Å². The Bertz CT molecular complexity index is 865. The molecule has 0 atom stereocenters. The molecule has 1 amide bonds. The molecule has 0 spiro atoms. The fraction of sp³-hybridized carbons (Fsp3) is 0.235. The molecule has 7 nitrogen and oxygen atoms in total. The van der Waals surface area contributed by atoms with Crippen LogP contribution in [0.2, 0.25) is 0 Å². The number of rotatable bonds is 6. The normalized spacial score (nSPS) is 10.6. The number of aromatic nitrogens is 5. The maximum atomic E-state index is 12.7. The molecule has 1 N–H and O–H groups in total. The van der Waals surface area contributed by atoms with Gasteiger partial charge in [-0.15, -0.1) is 5.10 Å². The minimum Gasteiger partial charge on any atom is -0.351 e. The third-order valence-electron chi connectivity index (χ3n) is 3.65. The maximum absolute atomic E-state index is 12.7. The smallest absolute Gasteiger partial charge is 0.253 e. The molecule has 0 fully saturated rings. The lowest BCUT2D eigenvalue weighted by Gasteiger charge is -2.12. The largest absolute Gasteiger partial charge is 0.351 e. The summed E-state index contributed by atoms with van der Waals surface area (Å²) in [5.41, 5.74) is 3.21. The lowest BCUT2D eigenvalue weighted by molar-refractivity contribution is 0.0956. The Morgan fingerprint density at radius 2 is 2.04 bits per heavy atom. The summed E-state index contributed by atoms with van der Waals surface area (Å²) in [5, 5.41) is 14.9. The zero-order valence-electron chi connectivity index (χ0n) is 14.0. The fourth-order valence-corrected chi connectivity index (χ4v) is 3.15. The van der Waals surface area contributed by atoms with E-state index in [1.165, 1.54) is 11.8 Å². The van der Waals surface area contributed by atoms with Crippen molar-refractivity contribution in [1.29, 1.82) is 0 Å². The van der Waals surface area contributed by atoms with Gasteiger partial charge in [-0.3, -0.25) is 9.78 Å². The van der Waals surface area contributed by atoms with Crippen molar-refractivity contribution in [2.75, 3.05) is 12.3 Å². The lowest BCUT2D eigenvalue weighted by Crippen LogP contribution is -2.27. The van der Waals surface area contributed by atoms with Crippen LogP contribution >= 0.6 is 11.8 Å². The van der Waals surface area contributed by atoms with E-state index in [0.717, 1.165) is 16.3 Å². The van der Waals surface area contributed by atoms with Gasteiger partial charge in [0.1, 0.15) is 0 Å². The molecule has 0 bridgehead atoms. The molecule has 0 aliphatic heterocycles. The van der Waals surface area contributed by atoms with E-state index in [1.54, 1.807) is 17.9 Å². The molecule has 0 saturated carbocycles. The van der Waals surface area contributed by atoms with E-state index >= 15 is 0 Å². The molecule has 128 valence electrons. The van der Waals surface area contributed by atoms with Crippen molar-refractivity contribution >= 4 is 17.7 Å². The minimum absolute atomic E-state index is 0.124. The first kappa shape index (κ1) is 17.1. The summed E-state index contributed by atoms with van der Waals surface area (Å²) in [5.74, 6) is 0.557. The van der Waals surface area contributed by atoms with Crippen LogP contribution in [0.5, 0.6) is 0 Å². The number of nitrogens with one attached hydrogen (secondary N) is 1. The van der Waals surface area contributed by atoms with Crippen LogP contribution in [0.15, 0.2) is 47.8 Å². The van der Waals surface area contributed by atoms with Crippen molar-refractivity contribution in [3.63, 3.8) is 0 Å². The van der Waals surface area contributed by atoms with E-state index in [4.69, 9.17) is 0 Å². The van der Waals surface area contributed by atoms with E-state index in [9.17, 15) is 4.79 Å².